The highest BCUT2D eigenvalue weighted by Crippen LogP contribution is 2.11. The molecule has 0 aliphatic heterocycles. The van der Waals surface area contributed by atoms with Gasteiger partial charge < -0.3 is 20.3 Å². The van der Waals surface area contributed by atoms with Crippen molar-refractivity contribution in [3.63, 3.8) is 0 Å². The summed E-state index contributed by atoms with van der Waals surface area (Å²) in [6.07, 6.45) is 1.80. The Morgan fingerprint density at radius 3 is 2.70 bits per heavy atom. The fraction of sp³-hybridized carbons (Fsp3) is 0.538. The first-order valence-corrected chi connectivity index (χ1v) is 7.18. The van der Waals surface area contributed by atoms with Crippen LogP contribution < -0.4 is 16.2 Å². The molecule has 0 fully saturated rings. The van der Waals surface area contributed by atoms with Crippen molar-refractivity contribution in [2.75, 3.05) is 11.9 Å². The molecule has 0 aliphatic rings. The van der Waals surface area contributed by atoms with Gasteiger partial charge in [-0.2, -0.15) is 0 Å². The van der Waals surface area contributed by atoms with Crippen LogP contribution in [0.1, 0.15) is 20.3 Å². The molecular weight excluding hydrogens is 326 g/mol. The summed E-state index contributed by atoms with van der Waals surface area (Å²) in [6, 6.07) is 1.22. The number of nitrogens with zero attached hydrogens (tertiary/aromatic N) is 1. The first kappa shape index (κ1) is 16.7. The van der Waals surface area contributed by atoms with E-state index in [1.165, 1.54) is 4.57 Å². The van der Waals surface area contributed by atoms with E-state index in [0.29, 0.717) is 23.1 Å². The maximum atomic E-state index is 11.7. The number of aliphatic hydroxyl groups is 1. The van der Waals surface area contributed by atoms with Crippen molar-refractivity contribution >= 4 is 27.6 Å². The summed E-state index contributed by atoms with van der Waals surface area (Å²) in [4.78, 5) is 23.2. The molecule has 20 heavy (non-hydrogen) atoms. The van der Waals surface area contributed by atoms with E-state index in [-0.39, 0.29) is 23.6 Å². The predicted molar refractivity (Wildman–Crippen MR) is 81.9 cm³/mol. The lowest BCUT2D eigenvalue weighted by Crippen LogP contribution is -2.33. The SMILES string of the molecule is CC(O)CC(C)CNC(=O)Nc1cc(Br)c(=O)n(C)c1. The van der Waals surface area contributed by atoms with Crippen LogP contribution in [0.15, 0.2) is 21.5 Å². The first-order chi connectivity index (χ1) is 9.29. The van der Waals surface area contributed by atoms with E-state index in [4.69, 9.17) is 0 Å². The monoisotopic (exact) mass is 345 g/mol. The highest BCUT2D eigenvalue weighted by atomic mass is 79.9. The summed E-state index contributed by atoms with van der Waals surface area (Å²) in [5, 5.41) is 14.6. The van der Waals surface area contributed by atoms with Crippen LogP contribution in [0.5, 0.6) is 0 Å². The highest BCUT2D eigenvalue weighted by molar-refractivity contribution is 9.10. The van der Waals surface area contributed by atoms with Gasteiger partial charge in [-0.25, -0.2) is 4.79 Å². The molecule has 3 N–H and O–H groups in total. The van der Waals surface area contributed by atoms with E-state index >= 15 is 0 Å². The number of aryl methyl sites for hydroxylation is 1. The number of carbonyl (C=O) groups excluding carboxylic acids is 1. The van der Waals surface area contributed by atoms with Crippen LogP contribution in [0.3, 0.4) is 0 Å². The second-order valence-corrected chi connectivity index (χ2v) is 5.87. The Kier molecular flexibility index (Phi) is 6.22. The number of amides is 2. The summed E-state index contributed by atoms with van der Waals surface area (Å²) in [6.45, 7) is 4.15. The van der Waals surface area contributed by atoms with Gasteiger partial charge in [0.05, 0.1) is 16.3 Å². The molecule has 1 aromatic heterocycles. The fourth-order valence-corrected chi connectivity index (χ4v) is 2.37. The topological polar surface area (TPSA) is 83.4 Å². The van der Waals surface area contributed by atoms with E-state index < -0.39 is 0 Å². The van der Waals surface area contributed by atoms with Gasteiger partial charge in [-0.1, -0.05) is 6.92 Å². The van der Waals surface area contributed by atoms with Crippen molar-refractivity contribution in [2.45, 2.75) is 26.4 Å². The zero-order chi connectivity index (χ0) is 15.3. The Morgan fingerprint density at radius 1 is 1.50 bits per heavy atom. The largest absolute Gasteiger partial charge is 0.393 e. The van der Waals surface area contributed by atoms with Gasteiger partial charge in [0.2, 0.25) is 0 Å². The molecule has 6 nitrogen and oxygen atoms in total. The van der Waals surface area contributed by atoms with Gasteiger partial charge in [0, 0.05) is 19.8 Å². The number of hydrogen-bond acceptors (Lipinski definition) is 3. The molecule has 0 saturated carbocycles. The third-order valence-corrected chi connectivity index (χ3v) is 3.32. The maximum Gasteiger partial charge on any atom is 0.319 e. The number of rotatable bonds is 5. The molecule has 2 atom stereocenters. The zero-order valence-electron chi connectivity index (χ0n) is 11.8. The number of anilines is 1. The van der Waals surface area contributed by atoms with Gasteiger partial charge in [0.15, 0.2) is 0 Å². The van der Waals surface area contributed by atoms with Crippen molar-refractivity contribution < 1.29 is 9.90 Å². The lowest BCUT2D eigenvalue weighted by atomic mass is 10.1. The van der Waals surface area contributed by atoms with Gasteiger partial charge in [0.1, 0.15) is 0 Å². The Bertz CT molecular complexity index is 502. The smallest absolute Gasteiger partial charge is 0.319 e. The molecular formula is C13H20BrN3O3. The lowest BCUT2D eigenvalue weighted by molar-refractivity contribution is 0.163. The molecule has 1 aromatic rings. The van der Waals surface area contributed by atoms with E-state index in [1.807, 2.05) is 6.92 Å². The van der Waals surface area contributed by atoms with E-state index in [9.17, 15) is 14.7 Å². The summed E-state index contributed by atoms with van der Waals surface area (Å²) in [5.74, 6) is 0.188. The number of halogens is 1. The molecule has 0 aliphatic carbocycles. The summed E-state index contributed by atoms with van der Waals surface area (Å²) in [7, 11) is 1.61. The van der Waals surface area contributed by atoms with Crippen molar-refractivity contribution in [1.82, 2.24) is 9.88 Å². The van der Waals surface area contributed by atoms with Gasteiger partial charge in [0.25, 0.3) is 5.56 Å². The van der Waals surface area contributed by atoms with Gasteiger partial charge >= 0.3 is 6.03 Å². The average Bonchev–Trinajstić information content (AvgIpc) is 2.32. The second kappa shape index (κ2) is 7.44. The Balaban J connectivity index is 2.53. The van der Waals surface area contributed by atoms with Crippen LogP contribution in [-0.4, -0.2) is 28.4 Å². The van der Waals surface area contributed by atoms with Crippen LogP contribution >= 0.6 is 15.9 Å². The molecule has 1 rings (SSSR count). The zero-order valence-corrected chi connectivity index (χ0v) is 13.4. The van der Waals surface area contributed by atoms with Crippen LogP contribution in [0, 0.1) is 5.92 Å². The molecule has 0 radical (unpaired) electrons. The molecule has 112 valence electrons. The second-order valence-electron chi connectivity index (χ2n) is 5.02. The Hall–Kier alpha value is -1.34. The minimum absolute atomic E-state index is 0.165. The normalized spacial score (nSPS) is 13.7. The highest BCUT2D eigenvalue weighted by Gasteiger charge is 2.09. The predicted octanol–water partition coefficient (Wildman–Crippen LogP) is 1.68. The molecule has 2 unspecified atom stereocenters. The number of urea groups is 1. The molecule has 0 spiro atoms. The molecule has 0 aromatic carbocycles. The lowest BCUT2D eigenvalue weighted by Gasteiger charge is -2.15. The number of carbonyl (C=O) groups is 1. The van der Waals surface area contributed by atoms with E-state index in [1.54, 1.807) is 26.2 Å². The third-order valence-electron chi connectivity index (χ3n) is 2.75. The minimum atomic E-state index is -0.380. The first-order valence-electron chi connectivity index (χ1n) is 6.38. The van der Waals surface area contributed by atoms with Crippen molar-refractivity contribution in [3.05, 3.63) is 27.1 Å². The van der Waals surface area contributed by atoms with E-state index in [2.05, 4.69) is 26.6 Å². The molecule has 2 amide bonds. The molecule has 1 heterocycles. The maximum absolute atomic E-state index is 11.7. The molecule has 0 saturated heterocycles. The Labute approximate surface area is 126 Å². The minimum Gasteiger partial charge on any atom is -0.393 e. The van der Waals surface area contributed by atoms with Crippen molar-refractivity contribution in [3.8, 4) is 0 Å². The van der Waals surface area contributed by atoms with E-state index in [0.717, 1.165) is 0 Å². The van der Waals surface area contributed by atoms with Crippen LogP contribution in [0.4, 0.5) is 10.5 Å². The average molecular weight is 346 g/mol. The number of pyridine rings is 1. The standard InChI is InChI=1S/C13H20BrN3O3/c1-8(4-9(2)18)6-15-13(20)16-10-5-11(14)12(19)17(3)7-10/h5,7-9,18H,4,6H2,1-3H3,(H2,15,16,20). The van der Waals surface area contributed by atoms with Crippen LogP contribution in [0.25, 0.3) is 0 Å². The van der Waals surface area contributed by atoms with Gasteiger partial charge in [-0.15, -0.1) is 0 Å². The summed E-state index contributed by atoms with van der Waals surface area (Å²) in [5.41, 5.74) is 0.362. The number of hydrogen-bond donors (Lipinski definition) is 3. The van der Waals surface area contributed by atoms with Crippen molar-refractivity contribution in [2.24, 2.45) is 13.0 Å². The third kappa shape index (κ3) is 5.34. The van der Waals surface area contributed by atoms with Crippen molar-refractivity contribution in [1.29, 1.82) is 0 Å². The van der Waals surface area contributed by atoms with Crippen LogP contribution in [0.2, 0.25) is 0 Å². The number of aromatic nitrogens is 1. The molecule has 7 heteroatoms. The Morgan fingerprint density at radius 2 is 2.15 bits per heavy atom. The summed E-state index contributed by atoms with van der Waals surface area (Å²) >= 11 is 3.14. The fourth-order valence-electron chi connectivity index (χ4n) is 1.85. The molecule has 0 bridgehead atoms. The number of aliphatic hydroxyl groups excluding tert-OH is 1. The van der Waals surface area contributed by atoms with Gasteiger partial charge in [-0.05, 0) is 41.3 Å². The number of nitrogens with one attached hydrogen (secondary N) is 2. The quantitative estimate of drug-likeness (QED) is 0.759. The van der Waals surface area contributed by atoms with Gasteiger partial charge in [-0.3, -0.25) is 4.79 Å². The summed E-state index contributed by atoms with van der Waals surface area (Å²) < 4.78 is 1.77. The van der Waals surface area contributed by atoms with Crippen LogP contribution in [-0.2, 0) is 7.05 Å².